The van der Waals surface area contributed by atoms with Crippen LogP contribution in [0, 0.1) is 5.82 Å². The van der Waals surface area contributed by atoms with E-state index in [0.29, 0.717) is 36.5 Å². The van der Waals surface area contributed by atoms with E-state index >= 15 is 4.39 Å². The third-order valence-corrected chi connectivity index (χ3v) is 9.44. The second kappa shape index (κ2) is 12.0. The molecular weight excluding hydrogens is 609 g/mol. The first-order valence-electron chi connectivity index (χ1n) is 16.1. The molecule has 7 rings (SSSR count). The monoisotopic (exact) mass is 647 g/mol. The largest absolute Gasteiger partial charge is 0.508 e. The Morgan fingerprint density at radius 3 is 2.50 bits per heavy atom. The minimum absolute atomic E-state index is 0.0113. The Morgan fingerprint density at radius 2 is 1.80 bits per heavy atom. The van der Waals surface area contributed by atoms with Gasteiger partial charge in [0.2, 0.25) is 0 Å². The van der Waals surface area contributed by atoms with Gasteiger partial charge in [-0.2, -0.15) is 9.97 Å². The van der Waals surface area contributed by atoms with Crippen LogP contribution in [0.5, 0.6) is 11.8 Å². The van der Waals surface area contributed by atoms with Gasteiger partial charge >= 0.3 is 12.1 Å². The van der Waals surface area contributed by atoms with E-state index in [0.717, 1.165) is 49.7 Å². The lowest BCUT2D eigenvalue weighted by atomic mass is 9.96. The second-order valence-corrected chi connectivity index (χ2v) is 14.0. The Balaban J connectivity index is 1.28. The van der Waals surface area contributed by atoms with Gasteiger partial charge in [-0.25, -0.2) is 9.18 Å². The van der Waals surface area contributed by atoms with Gasteiger partial charge in [0, 0.05) is 30.6 Å². The number of halogens is 2. The summed E-state index contributed by atoms with van der Waals surface area (Å²) in [5.41, 5.74) is 0.132. The van der Waals surface area contributed by atoms with Crippen molar-refractivity contribution in [2.24, 2.45) is 0 Å². The molecule has 46 heavy (non-hydrogen) atoms. The number of hydrogen-bond donors (Lipinski definition) is 1. The van der Waals surface area contributed by atoms with E-state index in [9.17, 15) is 9.90 Å². The fraction of sp³-hybridized carbons (Fsp3) is 0.457. The molecule has 242 valence electrons. The van der Waals surface area contributed by atoms with Gasteiger partial charge in [0.15, 0.2) is 5.82 Å². The molecule has 3 saturated heterocycles. The molecule has 0 spiro atoms. The molecule has 1 amide bonds. The van der Waals surface area contributed by atoms with Crippen LogP contribution in [0.4, 0.5) is 15.0 Å². The van der Waals surface area contributed by atoms with Crippen molar-refractivity contribution in [1.29, 1.82) is 0 Å². The average Bonchev–Trinajstić information content (AvgIpc) is 3.24. The Morgan fingerprint density at radius 1 is 1.07 bits per heavy atom. The molecule has 4 aromatic rings. The summed E-state index contributed by atoms with van der Waals surface area (Å²) in [5, 5.41) is 12.7. The van der Waals surface area contributed by atoms with E-state index in [-0.39, 0.29) is 46.0 Å². The Bertz CT molecular complexity index is 1800. The third kappa shape index (κ3) is 5.88. The normalized spacial score (nSPS) is 19.9. The number of carbonyl (C=O) groups is 1. The highest BCUT2D eigenvalue weighted by Crippen LogP contribution is 2.43. The molecule has 3 aliphatic rings. The van der Waals surface area contributed by atoms with E-state index in [1.54, 1.807) is 12.1 Å². The van der Waals surface area contributed by atoms with Crippen LogP contribution in [0.15, 0.2) is 42.5 Å². The molecule has 11 heteroatoms. The number of anilines is 1. The van der Waals surface area contributed by atoms with Crippen molar-refractivity contribution < 1.29 is 23.8 Å². The van der Waals surface area contributed by atoms with Crippen LogP contribution in [0.1, 0.15) is 46.5 Å². The van der Waals surface area contributed by atoms with Crippen molar-refractivity contribution in [1.82, 2.24) is 19.8 Å². The molecule has 3 aromatic carbocycles. The lowest BCUT2D eigenvalue weighted by Gasteiger charge is -2.42. The number of fused-ring (bicyclic) bond motifs is 4. The smallest absolute Gasteiger partial charge is 0.410 e. The summed E-state index contributed by atoms with van der Waals surface area (Å²) in [4.78, 5) is 28.9. The number of hydrogen-bond acceptors (Lipinski definition) is 8. The molecule has 2 atom stereocenters. The van der Waals surface area contributed by atoms with Gasteiger partial charge < -0.3 is 24.4 Å². The summed E-state index contributed by atoms with van der Waals surface area (Å²) in [6.45, 7) is 10.2. The van der Waals surface area contributed by atoms with Gasteiger partial charge in [-0.3, -0.25) is 4.90 Å². The van der Waals surface area contributed by atoms with Crippen molar-refractivity contribution in [3.63, 3.8) is 0 Å². The van der Waals surface area contributed by atoms with E-state index in [1.807, 2.05) is 49.9 Å². The SMILES string of the molecule is CC(C)(C)OC(=O)N1C2CCC1CN(c1nc(OCCCN3CCC3)nc3c(F)c(-c4cc(O)cc5ccccc45)c(Cl)cc13)C2. The maximum Gasteiger partial charge on any atom is 0.410 e. The van der Waals surface area contributed by atoms with Crippen molar-refractivity contribution in [3.05, 3.63) is 53.3 Å². The van der Waals surface area contributed by atoms with Crippen molar-refractivity contribution in [2.45, 2.75) is 64.1 Å². The quantitative estimate of drug-likeness (QED) is 0.214. The van der Waals surface area contributed by atoms with Crippen LogP contribution < -0.4 is 9.64 Å². The third-order valence-electron chi connectivity index (χ3n) is 9.14. The van der Waals surface area contributed by atoms with Gasteiger partial charge in [-0.15, -0.1) is 0 Å². The molecule has 3 fully saturated rings. The number of rotatable bonds is 7. The number of aromatic hydroxyl groups is 1. The minimum Gasteiger partial charge on any atom is -0.508 e. The maximum absolute atomic E-state index is 16.8. The number of benzene rings is 3. The number of phenols is 1. The van der Waals surface area contributed by atoms with Crippen molar-refractivity contribution in [2.75, 3.05) is 44.2 Å². The Hall–Kier alpha value is -3.89. The first-order valence-corrected chi connectivity index (χ1v) is 16.5. The molecule has 1 N–H and O–H groups in total. The first kappa shape index (κ1) is 30.7. The Labute approximate surface area is 272 Å². The lowest BCUT2D eigenvalue weighted by Crippen LogP contribution is -2.57. The highest BCUT2D eigenvalue weighted by Gasteiger charge is 2.45. The van der Waals surface area contributed by atoms with E-state index in [2.05, 4.69) is 14.8 Å². The van der Waals surface area contributed by atoms with Crippen LogP contribution in [-0.2, 0) is 4.74 Å². The number of amides is 1. The van der Waals surface area contributed by atoms with Gasteiger partial charge in [0.1, 0.15) is 22.7 Å². The van der Waals surface area contributed by atoms with E-state index < -0.39 is 11.4 Å². The molecule has 0 radical (unpaired) electrons. The molecule has 2 bridgehead atoms. The highest BCUT2D eigenvalue weighted by atomic mass is 35.5. The van der Waals surface area contributed by atoms with Gasteiger partial charge in [-0.05, 0) is 94.1 Å². The number of carbonyl (C=O) groups excluding carboxylic acids is 1. The van der Waals surface area contributed by atoms with Gasteiger partial charge in [0.25, 0.3) is 0 Å². The zero-order valence-electron chi connectivity index (χ0n) is 26.4. The number of likely N-dealkylation sites (tertiary alicyclic amines) is 1. The summed E-state index contributed by atoms with van der Waals surface area (Å²) in [7, 11) is 0. The topological polar surface area (TPSA) is 91.3 Å². The predicted octanol–water partition coefficient (Wildman–Crippen LogP) is 7.01. The fourth-order valence-electron chi connectivity index (χ4n) is 6.96. The number of phenolic OH excluding ortho intramolecular Hbond substituents is 1. The second-order valence-electron chi connectivity index (χ2n) is 13.6. The van der Waals surface area contributed by atoms with Crippen molar-refractivity contribution >= 4 is 45.2 Å². The van der Waals surface area contributed by atoms with Crippen LogP contribution in [-0.4, -0.2) is 88.0 Å². The fourth-order valence-corrected chi connectivity index (χ4v) is 7.25. The highest BCUT2D eigenvalue weighted by molar-refractivity contribution is 6.35. The van der Waals surface area contributed by atoms with Crippen LogP contribution in [0.25, 0.3) is 32.8 Å². The lowest BCUT2D eigenvalue weighted by molar-refractivity contribution is 0.0122. The van der Waals surface area contributed by atoms with Gasteiger partial charge in [0.05, 0.1) is 23.7 Å². The summed E-state index contributed by atoms with van der Waals surface area (Å²) >= 11 is 6.89. The Kier molecular flexibility index (Phi) is 8.05. The zero-order valence-corrected chi connectivity index (χ0v) is 27.2. The van der Waals surface area contributed by atoms with E-state index in [1.165, 1.54) is 12.5 Å². The van der Waals surface area contributed by atoms with Crippen molar-refractivity contribution in [3.8, 4) is 22.9 Å². The number of piperazine rings is 1. The summed E-state index contributed by atoms with van der Waals surface area (Å²) in [5.74, 6) is -0.0727. The van der Waals surface area contributed by atoms with Crippen LogP contribution in [0.2, 0.25) is 5.02 Å². The molecule has 2 unspecified atom stereocenters. The first-order chi connectivity index (χ1) is 22.1. The summed E-state index contributed by atoms with van der Waals surface area (Å²) < 4.78 is 28.6. The zero-order chi connectivity index (χ0) is 32.2. The van der Waals surface area contributed by atoms with Crippen LogP contribution in [0.3, 0.4) is 0 Å². The maximum atomic E-state index is 16.8. The summed E-state index contributed by atoms with van der Waals surface area (Å²) in [6.07, 6.45) is 3.40. The molecule has 3 aliphatic heterocycles. The molecule has 1 aromatic heterocycles. The average molecular weight is 648 g/mol. The number of ether oxygens (including phenoxy) is 2. The van der Waals surface area contributed by atoms with Gasteiger partial charge in [-0.1, -0.05) is 35.9 Å². The standard InChI is InChI=1S/C35H39ClFN5O4/c1-35(2,3)46-34(44)42-22-10-11-23(42)20-41(19-22)32-27-18-28(36)29(26-17-24(43)16-21-8-4-5-9-25(21)26)30(37)31(27)38-33(39-32)45-15-7-14-40-12-6-13-40/h4-5,8-9,16-18,22-23,43H,6-7,10-15,19-20H2,1-3H3. The molecule has 0 saturated carbocycles. The molecular formula is C35H39ClFN5O4. The van der Waals surface area contributed by atoms with Crippen LogP contribution >= 0.6 is 11.6 Å². The number of nitrogens with zero attached hydrogens (tertiary/aromatic N) is 5. The summed E-state index contributed by atoms with van der Waals surface area (Å²) in [6, 6.07) is 12.3. The van der Waals surface area contributed by atoms with E-state index in [4.69, 9.17) is 26.1 Å². The molecule has 4 heterocycles. The molecule has 0 aliphatic carbocycles. The molecule has 9 nitrogen and oxygen atoms in total. The number of aromatic nitrogens is 2. The predicted molar refractivity (Wildman–Crippen MR) is 177 cm³/mol. The minimum atomic E-state index is -0.609.